The number of carbonyl (C=O) groups is 2. The summed E-state index contributed by atoms with van der Waals surface area (Å²) in [6, 6.07) is 27.6. The van der Waals surface area contributed by atoms with Crippen LogP contribution in [0.4, 0.5) is 5.69 Å². The van der Waals surface area contributed by atoms with E-state index in [9.17, 15) is 18.0 Å². The molecule has 1 N–H and O–H groups in total. The van der Waals surface area contributed by atoms with Crippen LogP contribution in [0.1, 0.15) is 27.8 Å². The standard InChI is InChI=1S/C34H36ClN3O4S/c1-24-13-17-30(18-14-24)43(41,42)38(31-21-29(35)16-15-26(31)3)23-33(39)37(22-28-12-8-9-25(2)19-28)32(34(40)36-4)20-27-10-6-5-7-11-27/h5-19,21,32H,20,22-23H2,1-4H3,(H,36,40)/t32-/m0/s1. The summed E-state index contributed by atoms with van der Waals surface area (Å²) in [5.74, 6) is -0.877. The number of nitrogens with zero attached hydrogens (tertiary/aromatic N) is 2. The van der Waals surface area contributed by atoms with Gasteiger partial charge in [0.15, 0.2) is 0 Å². The summed E-state index contributed by atoms with van der Waals surface area (Å²) in [5.41, 5.74) is 4.51. The molecule has 0 heterocycles. The molecule has 224 valence electrons. The first kappa shape index (κ1) is 31.8. The third-order valence-electron chi connectivity index (χ3n) is 7.28. The Balaban J connectivity index is 1.82. The van der Waals surface area contributed by atoms with E-state index in [-0.39, 0.29) is 29.5 Å². The lowest BCUT2D eigenvalue weighted by Gasteiger charge is -2.34. The van der Waals surface area contributed by atoms with E-state index in [1.165, 1.54) is 24.1 Å². The number of anilines is 1. The molecule has 2 amide bonds. The van der Waals surface area contributed by atoms with E-state index in [1.807, 2.05) is 68.4 Å². The van der Waals surface area contributed by atoms with Gasteiger partial charge in [-0.3, -0.25) is 13.9 Å². The van der Waals surface area contributed by atoms with Crippen molar-refractivity contribution in [2.75, 3.05) is 17.9 Å². The van der Waals surface area contributed by atoms with Crippen molar-refractivity contribution >= 4 is 39.1 Å². The van der Waals surface area contributed by atoms with E-state index >= 15 is 0 Å². The molecule has 9 heteroatoms. The lowest BCUT2D eigenvalue weighted by Crippen LogP contribution is -2.53. The van der Waals surface area contributed by atoms with Crippen molar-refractivity contribution in [1.82, 2.24) is 10.2 Å². The predicted molar refractivity (Wildman–Crippen MR) is 172 cm³/mol. The van der Waals surface area contributed by atoms with Gasteiger partial charge in [0.25, 0.3) is 10.0 Å². The van der Waals surface area contributed by atoms with E-state index in [0.29, 0.717) is 10.6 Å². The Morgan fingerprint density at radius 1 is 0.814 bits per heavy atom. The summed E-state index contributed by atoms with van der Waals surface area (Å²) in [6.07, 6.45) is 0.249. The third-order valence-corrected chi connectivity index (χ3v) is 9.29. The molecule has 0 bridgehead atoms. The highest BCUT2D eigenvalue weighted by molar-refractivity contribution is 7.92. The molecular formula is C34H36ClN3O4S. The number of carbonyl (C=O) groups excluding carboxylic acids is 2. The van der Waals surface area contributed by atoms with Crippen molar-refractivity contribution in [1.29, 1.82) is 0 Å². The second-order valence-electron chi connectivity index (χ2n) is 10.6. The highest BCUT2D eigenvalue weighted by atomic mass is 35.5. The fourth-order valence-electron chi connectivity index (χ4n) is 4.93. The Hall–Kier alpha value is -4.14. The summed E-state index contributed by atoms with van der Waals surface area (Å²) in [6.45, 7) is 5.16. The van der Waals surface area contributed by atoms with Gasteiger partial charge >= 0.3 is 0 Å². The zero-order valence-corrected chi connectivity index (χ0v) is 26.3. The number of hydrogen-bond acceptors (Lipinski definition) is 4. The molecule has 43 heavy (non-hydrogen) atoms. The lowest BCUT2D eigenvalue weighted by molar-refractivity contribution is -0.139. The predicted octanol–water partition coefficient (Wildman–Crippen LogP) is 5.85. The molecule has 0 aliphatic carbocycles. The monoisotopic (exact) mass is 617 g/mol. The minimum atomic E-state index is -4.20. The minimum Gasteiger partial charge on any atom is -0.357 e. The molecule has 0 aliphatic rings. The van der Waals surface area contributed by atoms with Crippen molar-refractivity contribution < 1.29 is 18.0 Å². The van der Waals surface area contributed by atoms with E-state index in [1.54, 1.807) is 37.3 Å². The van der Waals surface area contributed by atoms with Gasteiger partial charge in [0.05, 0.1) is 10.6 Å². The molecule has 4 aromatic carbocycles. The number of hydrogen-bond donors (Lipinski definition) is 1. The Kier molecular flexibility index (Phi) is 10.3. The maximum Gasteiger partial charge on any atom is 0.264 e. The summed E-state index contributed by atoms with van der Waals surface area (Å²) < 4.78 is 29.4. The fraction of sp³-hybridized carbons (Fsp3) is 0.235. The van der Waals surface area contributed by atoms with Gasteiger partial charge in [0, 0.05) is 25.0 Å². The summed E-state index contributed by atoms with van der Waals surface area (Å²) in [4.78, 5) is 29.3. The Morgan fingerprint density at radius 2 is 1.49 bits per heavy atom. The average molecular weight is 618 g/mol. The smallest absolute Gasteiger partial charge is 0.264 e. The normalized spacial score (nSPS) is 11.9. The lowest BCUT2D eigenvalue weighted by atomic mass is 10.0. The van der Waals surface area contributed by atoms with Gasteiger partial charge in [-0.05, 0) is 61.7 Å². The Bertz CT molecular complexity index is 1690. The van der Waals surface area contributed by atoms with Gasteiger partial charge in [-0.15, -0.1) is 0 Å². The molecule has 0 saturated carbocycles. The van der Waals surface area contributed by atoms with Crippen LogP contribution in [0.15, 0.2) is 102 Å². The number of nitrogens with one attached hydrogen (secondary N) is 1. The van der Waals surface area contributed by atoms with Crippen molar-refractivity contribution in [3.63, 3.8) is 0 Å². The maximum absolute atomic E-state index is 14.4. The van der Waals surface area contributed by atoms with E-state index < -0.39 is 28.5 Å². The Morgan fingerprint density at radius 3 is 2.14 bits per heavy atom. The largest absolute Gasteiger partial charge is 0.357 e. The first-order chi connectivity index (χ1) is 20.5. The molecule has 0 fully saturated rings. The quantitative estimate of drug-likeness (QED) is 0.229. The van der Waals surface area contributed by atoms with Crippen LogP contribution >= 0.6 is 11.6 Å². The molecule has 0 aromatic heterocycles. The molecule has 4 rings (SSSR count). The molecular weight excluding hydrogens is 582 g/mol. The maximum atomic E-state index is 14.4. The summed E-state index contributed by atoms with van der Waals surface area (Å²) >= 11 is 6.33. The topological polar surface area (TPSA) is 86.8 Å². The number of rotatable bonds is 11. The van der Waals surface area contributed by atoms with Gasteiger partial charge in [-0.2, -0.15) is 0 Å². The molecule has 4 aromatic rings. The molecule has 0 unspecified atom stereocenters. The van der Waals surface area contributed by atoms with Crippen LogP contribution in [0.3, 0.4) is 0 Å². The first-order valence-corrected chi connectivity index (χ1v) is 15.8. The van der Waals surface area contributed by atoms with Crippen LogP contribution in [0.5, 0.6) is 0 Å². The van der Waals surface area contributed by atoms with Crippen LogP contribution < -0.4 is 9.62 Å². The van der Waals surface area contributed by atoms with Crippen LogP contribution in [0.2, 0.25) is 5.02 Å². The second-order valence-corrected chi connectivity index (χ2v) is 12.9. The molecule has 0 spiro atoms. The van der Waals surface area contributed by atoms with Crippen molar-refractivity contribution in [3.8, 4) is 0 Å². The average Bonchev–Trinajstić information content (AvgIpc) is 2.99. The van der Waals surface area contributed by atoms with Gasteiger partial charge in [0.2, 0.25) is 11.8 Å². The highest BCUT2D eigenvalue weighted by Crippen LogP contribution is 2.30. The van der Waals surface area contributed by atoms with Crippen molar-refractivity contribution in [2.45, 2.75) is 44.7 Å². The zero-order chi connectivity index (χ0) is 31.1. The number of amides is 2. The molecule has 7 nitrogen and oxygen atoms in total. The zero-order valence-electron chi connectivity index (χ0n) is 24.7. The van der Waals surface area contributed by atoms with Crippen LogP contribution in [0.25, 0.3) is 0 Å². The van der Waals surface area contributed by atoms with Gasteiger partial charge in [-0.1, -0.05) is 95.5 Å². The molecule has 1 atom stereocenters. The summed E-state index contributed by atoms with van der Waals surface area (Å²) in [5, 5.41) is 3.03. The van der Waals surface area contributed by atoms with E-state index in [4.69, 9.17) is 11.6 Å². The molecule has 0 saturated heterocycles. The second kappa shape index (κ2) is 13.9. The number of sulfonamides is 1. The van der Waals surface area contributed by atoms with E-state index in [2.05, 4.69) is 5.32 Å². The number of halogens is 1. The minimum absolute atomic E-state index is 0.0441. The number of aryl methyl sites for hydroxylation is 3. The SMILES string of the molecule is CNC(=O)[C@H](Cc1ccccc1)N(Cc1cccc(C)c1)C(=O)CN(c1cc(Cl)ccc1C)S(=O)(=O)c1ccc(C)cc1. The third kappa shape index (κ3) is 7.83. The molecule has 0 radical (unpaired) electrons. The van der Waals surface area contributed by atoms with Gasteiger partial charge < -0.3 is 10.2 Å². The molecule has 0 aliphatic heterocycles. The van der Waals surface area contributed by atoms with E-state index in [0.717, 1.165) is 26.6 Å². The Labute approximate surface area is 259 Å². The van der Waals surface area contributed by atoms with Crippen LogP contribution in [-0.2, 0) is 32.6 Å². The van der Waals surface area contributed by atoms with Gasteiger partial charge in [-0.25, -0.2) is 8.42 Å². The highest BCUT2D eigenvalue weighted by Gasteiger charge is 2.35. The van der Waals surface area contributed by atoms with Crippen LogP contribution in [-0.4, -0.2) is 44.8 Å². The van der Waals surface area contributed by atoms with Crippen molar-refractivity contribution in [2.24, 2.45) is 0 Å². The number of likely N-dealkylation sites (N-methyl/N-ethyl adjacent to an activating group) is 1. The van der Waals surface area contributed by atoms with Crippen LogP contribution in [0, 0.1) is 20.8 Å². The summed E-state index contributed by atoms with van der Waals surface area (Å²) in [7, 11) is -2.68. The fourth-order valence-corrected chi connectivity index (χ4v) is 6.57. The van der Waals surface area contributed by atoms with Gasteiger partial charge in [0.1, 0.15) is 12.6 Å². The van der Waals surface area contributed by atoms with Crippen molar-refractivity contribution in [3.05, 3.63) is 130 Å². The number of benzene rings is 4. The first-order valence-electron chi connectivity index (χ1n) is 14.0.